The molecule has 0 spiro atoms. The number of carbonyl (C=O) groups excluding carboxylic acids is 1. The second kappa shape index (κ2) is 7.23. The third kappa shape index (κ3) is 4.29. The molecule has 2 aromatic carbocycles. The van der Waals surface area contributed by atoms with Crippen molar-refractivity contribution in [2.45, 2.75) is 13.0 Å². The predicted molar refractivity (Wildman–Crippen MR) is 77.8 cm³/mol. The molecule has 0 aliphatic heterocycles. The Balaban J connectivity index is 1.95. The molecule has 0 bridgehead atoms. The molecule has 0 heterocycles. The molecule has 2 N–H and O–H groups in total. The molecule has 0 saturated carbocycles. The maximum atomic E-state index is 13.4. The highest BCUT2D eigenvalue weighted by Crippen LogP contribution is 2.18. The smallest absolute Gasteiger partial charge is 0.238 e. The van der Waals surface area contributed by atoms with E-state index in [1.807, 2.05) is 0 Å². The van der Waals surface area contributed by atoms with Crippen molar-refractivity contribution >= 4 is 11.6 Å². The van der Waals surface area contributed by atoms with Gasteiger partial charge in [-0.1, -0.05) is 12.1 Å². The largest absolute Gasteiger partial charge is 0.320 e. The molecule has 2 rings (SSSR count). The van der Waals surface area contributed by atoms with Gasteiger partial charge in [-0.05, 0) is 36.8 Å². The lowest BCUT2D eigenvalue weighted by Crippen LogP contribution is -2.30. The Morgan fingerprint density at radius 1 is 1.00 bits per heavy atom. The minimum atomic E-state index is -0.992. The van der Waals surface area contributed by atoms with Gasteiger partial charge in [0.05, 0.1) is 6.54 Å². The number of nitrogens with one attached hydrogen (secondary N) is 2. The number of rotatable bonds is 5. The Labute approximate surface area is 130 Å². The third-order valence-electron chi connectivity index (χ3n) is 3.24. The summed E-state index contributed by atoms with van der Waals surface area (Å²) in [6.07, 6.45) is 0. The van der Waals surface area contributed by atoms with E-state index in [2.05, 4.69) is 10.6 Å². The molecular weight excluding hydrogens is 312 g/mol. The molecule has 7 heteroatoms. The number of hydrogen-bond donors (Lipinski definition) is 2. The molecule has 0 unspecified atom stereocenters. The van der Waals surface area contributed by atoms with Crippen LogP contribution in [0.3, 0.4) is 0 Å². The van der Waals surface area contributed by atoms with Crippen molar-refractivity contribution in [3.8, 4) is 0 Å². The van der Waals surface area contributed by atoms with Crippen molar-refractivity contribution in [2.75, 3.05) is 11.9 Å². The lowest BCUT2D eigenvalue weighted by atomic mass is 10.1. The van der Waals surface area contributed by atoms with Crippen LogP contribution in [0.5, 0.6) is 0 Å². The van der Waals surface area contributed by atoms with Gasteiger partial charge < -0.3 is 10.6 Å². The molecule has 3 nitrogen and oxygen atoms in total. The van der Waals surface area contributed by atoms with Crippen molar-refractivity contribution in [1.82, 2.24) is 5.32 Å². The molecule has 0 aliphatic carbocycles. The van der Waals surface area contributed by atoms with Gasteiger partial charge in [0.2, 0.25) is 5.91 Å². The van der Waals surface area contributed by atoms with Gasteiger partial charge in [-0.15, -0.1) is 0 Å². The van der Waals surface area contributed by atoms with Gasteiger partial charge in [0.15, 0.2) is 11.6 Å². The third-order valence-corrected chi connectivity index (χ3v) is 3.24. The zero-order valence-electron chi connectivity index (χ0n) is 12.2. The van der Waals surface area contributed by atoms with Gasteiger partial charge in [0, 0.05) is 6.04 Å². The molecule has 122 valence electrons. The second-order valence-electron chi connectivity index (χ2n) is 4.92. The normalized spacial score (nSPS) is 12.0. The summed E-state index contributed by atoms with van der Waals surface area (Å²) in [6, 6.07) is 6.15. The van der Waals surface area contributed by atoms with Gasteiger partial charge in [-0.25, -0.2) is 17.6 Å². The van der Waals surface area contributed by atoms with E-state index in [0.29, 0.717) is 5.56 Å². The lowest BCUT2D eigenvalue weighted by Gasteiger charge is -2.14. The molecule has 0 aromatic heterocycles. The molecule has 0 saturated heterocycles. The van der Waals surface area contributed by atoms with Crippen LogP contribution in [-0.4, -0.2) is 12.5 Å². The van der Waals surface area contributed by atoms with Crippen LogP contribution in [0, 0.1) is 23.3 Å². The fourth-order valence-electron chi connectivity index (χ4n) is 1.95. The first-order valence-electron chi connectivity index (χ1n) is 6.80. The van der Waals surface area contributed by atoms with Gasteiger partial charge >= 0.3 is 0 Å². The molecule has 1 amide bonds. The fourth-order valence-corrected chi connectivity index (χ4v) is 1.95. The summed E-state index contributed by atoms with van der Waals surface area (Å²) >= 11 is 0. The second-order valence-corrected chi connectivity index (χ2v) is 4.92. The van der Waals surface area contributed by atoms with E-state index in [4.69, 9.17) is 0 Å². The molecule has 0 fully saturated rings. The predicted octanol–water partition coefficient (Wildman–Crippen LogP) is 3.53. The summed E-state index contributed by atoms with van der Waals surface area (Å²) < 4.78 is 52.8. The Morgan fingerprint density at radius 2 is 1.65 bits per heavy atom. The van der Waals surface area contributed by atoms with E-state index < -0.39 is 40.9 Å². The first-order chi connectivity index (χ1) is 10.9. The summed E-state index contributed by atoms with van der Waals surface area (Å²) in [5.41, 5.74) is -0.0893. The number of hydrogen-bond acceptors (Lipinski definition) is 2. The molecule has 0 aliphatic rings. The lowest BCUT2D eigenvalue weighted by molar-refractivity contribution is -0.115. The zero-order valence-corrected chi connectivity index (χ0v) is 12.2. The van der Waals surface area contributed by atoms with Gasteiger partial charge in [0.25, 0.3) is 0 Å². The molecule has 23 heavy (non-hydrogen) atoms. The van der Waals surface area contributed by atoms with Crippen LogP contribution in [-0.2, 0) is 4.79 Å². The topological polar surface area (TPSA) is 41.1 Å². The van der Waals surface area contributed by atoms with Crippen LogP contribution in [0.4, 0.5) is 23.2 Å². The van der Waals surface area contributed by atoms with E-state index in [0.717, 1.165) is 24.3 Å². The van der Waals surface area contributed by atoms with Crippen LogP contribution in [0.2, 0.25) is 0 Å². The number of halogens is 4. The SMILES string of the molecule is C[C@H](NCC(=O)Nc1c(F)cccc1F)c1ccc(F)c(F)c1. The highest BCUT2D eigenvalue weighted by molar-refractivity contribution is 5.92. The highest BCUT2D eigenvalue weighted by atomic mass is 19.2. The fraction of sp³-hybridized carbons (Fsp3) is 0.188. The average molecular weight is 326 g/mol. The van der Waals surface area contributed by atoms with Crippen molar-refractivity contribution in [3.05, 3.63) is 65.2 Å². The minimum Gasteiger partial charge on any atom is -0.320 e. The number of anilines is 1. The van der Waals surface area contributed by atoms with E-state index in [9.17, 15) is 22.4 Å². The van der Waals surface area contributed by atoms with E-state index in [1.54, 1.807) is 6.92 Å². The first-order valence-corrected chi connectivity index (χ1v) is 6.80. The first kappa shape index (κ1) is 17.0. The molecule has 1 atom stereocenters. The van der Waals surface area contributed by atoms with Crippen LogP contribution in [0.25, 0.3) is 0 Å². The summed E-state index contributed by atoms with van der Waals surface area (Å²) in [5, 5.41) is 4.88. The van der Waals surface area contributed by atoms with Crippen LogP contribution in [0.15, 0.2) is 36.4 Å². The number of benzene rings is 2. The van der Waals surface area contributed by atoms with Gasteiger partial charge in [-0.3, -0.25) is 4.79 Å². The van der Waals surface area contributed by atoms with E-state index in [1.165, 1.54) is 12.1 Å². The van der Waals surface area contributed by atoms with Crippen molar-refractivity contribution in [2.24, 2.45) is 0 Å². The average Bonchev–Trinajstić information content (AvgIpc) is 2.51. The van der Waals surface area contributed by atoms with Crippen LogP contribution >= 0.6 is 0 Å². The van der Waals surface area contributed by atoms with Gasteiger partial charge in [0.1, 0.15) is 17.3 Å². The summed E-state index contributed by atoms with van der Waals surface area (Å²) in [6.45, 7) is 1.39. The minimum absolute atomic E-state index is 0.256. The summed E-state index contributed by atoms with van der Waals surface area (Å²) in [7, 11) is 0. The van der Waals surface area contributed by atoms with Crippen LogP contribution in [0.1, 0.15) is 18.5 Å². The Morgan fingerprint density at radius 3 is 2.26 bits per heavy atom. The van der Waals surface area contributed by atoms with Crippen molar-refractivity contribution in [3.63, 3.8) is 0 Å². The Kier molecular flexibility index (Phi) is 5.33. The molecular formula is C16H14F4N2O. The maximum Gasteiger partial charge on any atom is 0.238 e. The highest BCUT2D eigenvalue weighted by Gasteiger charge is 2.14. The summed E-state index contributed by atoms with van der Waals surface area (Å²) in [4.78, 5) is 11.7. The summed E-state index contributed by atoms with van der Waals surface area (Å²) in [5.74, 6) is -4.38. The van der Waals surface area contributed by atoms with E-state index >= 15 is 0 Å². The Hall–Kier alpha value is -2.41. The number of para-hydroxylation sites is 1. The maximum absolute atomic E-state index is 13.4. The van der Waals surface area contributed by atoms with Crippen molar-refractivity contribution < 1.29 is 22.4 Å². The number of amides is 1. The van der Waals surface area contributed by atoms with Crippen LogP contribution < -0.4 is 10.6 Å². The number of carbonyl (C=O) groups is 1. The quantitative estimate of drug-likeness (QED) is 0.825. The molecule has 0 radical (unpaired) electrons. The standard InChI is InChI=1S/C16H14F4N2O/c1-9(10-5-6-11(17)14(20)7-10)21-8-15(23)22-16-12(18)3-2-4-13(16)19/h2-7,9,21H,8H2,1H3,(H,22,23)/t9-/m0/s1. The van der Waals surface area contributed by atoms with Gasteiger partial charge in [-0.2, -0.15) is 0 Å². The van der Waals surface area contributed by atoms with Crippen molar-refractivity contribution in [1.29, 1.82) is 0 Å². The van der Waals surface area contributed by atoms with E-state index in [-0.39, 0.29) is 6.54 Å². The zero-order chi connectivity index (χ0) is 17.0. The molecule has 2 aromatic rings. The Bertz CT molecular complexity index is 701. The monoisotopic (exact) mass is 326 g/mol.